The van der Waals surface area contributed by atoms with Crippen LogP contribution in [0.15, 0.2) is 10.6 Å². The van der Waals surface area contributed by atoms with Gasteiger partial charge in [-0.2, -0.15) is 0 Å². The molecule has 0 atom stereocenters. The fraction of sp³-hybridized carbons (Fsp3) is 0.500. The smallest absolute Gasteiger partial charge is 0.315 e. The Labute approximate surface area is 64.1 Å². The highest BCUT2D eigenvalue weighted by Gasteiger charge is 2.02. The molecule has 1 aromatic heterocycles. The van der Waals surface area contributed by atoms with Gasteiger partial charge in [0, 0.05) is 6.54 Å². The molecule has 2 N–H and O–H groups in total. The fourth-order valence-corrected chi connectivity index (χ4v) is 0.567. The second-order valence-corrected chi connectivity index (χ2v) is 1.83. The normalized spacial score (nSPS) is 9.64. The topological polar surface area (TPSA) is 70.5 Å². The largest absolute Gasteiger partial charge is 0.479 e. The molecule has 0 saturated heterocycles. The molecule has 11 heavy (non-hydrogen) atoms. The molecule has 0 fully saturated rings. The average Bonchev–Trinajstić information content (AvgIpc) is 2.48. The van der Waals surface area contributed by atoms with Crippen LogP contribution >= 0.6 is 0 Å². The molecule has 5 nitrogen and oxygen atoms in total. The van der Waals surface area contributed by atoms with Crippen molar-refractivity contribution in [2.75, 3.05) is 20.3 Å². The molecule has 0 amide bonds. The van der Waals surface area contributed by atoms with Crippen LogP contribution in [0.5, 0.6) is 11.8 Å². The summed E-state index contributed by atoms with van der Waals surface area (Å²) in [6.45, 7) is 0.862. The lowest BCUT2D eigenvalue weighted by molar-refractivity contribution is 0.216. The molecule has 0 spiro atoms. The SMILES string of the molecule is COc1cc(OCCN)on1. The van der Waals surface area contributed by atoms with E-state index in [1.807, 2.05) is 0 Å². The van der Waals surface area contributed by atoms with Gasteiger partial charge in [-0.05, 0) is 5.16 Å². The molecule has 0 aliphatic rings. The zero-order valence-electron chi connectivity index (χ0n) is 6.24. The van der Waals surface area contributed by atoms with E-state index in [2.05, 4.69) is 5.16 Å². The van der Waals surface area contributed by atoms with Crippen LogP contribution in [0, 0.1) is 0 Å². The van der Waals surface area contributed by atoms with Gasteiger partial charge in [0.15, 0.2) is 0 Å². The molecule has 5 heteroatoms. The Balaban J connectivity index is 2.44. The lowest BCUT2D eigenvalue weighted by Crippen LogP contribution is -2.10. The Morgan fingerprint density at radius 1 is 1.73 bits per heavy atom. The van der Waals surface area contributed by atoms with Crippen molar-refractivity contribution in [1.29, 1.82) is 0 Å². The summed E-state index contributed by atoms with van der Waals surface area (Å²) < 4.78 is 14.5. The van der Waals surface area contributed by atoms with E-state index < -0.39 is 0 Å². The number of rotatable bonds is 4. The van der Waals surface area contributed by atoms with Crippen molar-refractivity contribution in [3.63, 3.8) is 0 Å². The highest BCUT2D eigenvalue weighted by molar-refractivity contribution is 5.14. The number of aromatic nitrogens is 1. The number of nitrogens with zero attached hydrogens (tertiary/aromatic N) is 1. The van der Waals surface area contributed by atoms with Gasteiger partial charge in [-0.15, -0.1) is 0 Å². The summed E-state index contributed by atoms with van der Waals surface area (Å²) in [6, 6.07) is 1.55. The van der Waals surface area contributed by atoms with Gasteiger partial charge >= 0.3 is 5.95 Å². The van der Waals surface area contributed by atoms with E-state index in [1.54, 1.807) is 6.07 Å². The van der Waals surface area contributed by atoms with E-state index in [0.717, 1.165) is 0 Å². The maximum absolute atomic E-state index is 5.20. The second-order valence-electron chi connectivity index (χ2n) is 1.83. The summed E-state index contributed by atoms with van der Waals surface area (Å²) in [6.07, 6.45) is 0. The second kappa shape index (κ2) is 3.82. The highest BCUT2D eigenvalue weighted by Crippen LogP contribution is 2.17. The van der Waals surface area contributed by atoms with Crippen LogP contribution in [0.1, 0.15) is 0 Å². The fourth-order valence-electron chi connectivity index (χ4n) is 0.567. The maximum Gasteiger partial charge on any atom is 0.315 e. The monoisotopic (exact) mass is 158 g/mol. The van der Waals surface area contributed by atoms with Crippen LogP contribution in [-0.4, -0.2) is 25.4 Å². The Bertz CT molecular complexity index is 211. The minimum absolute atomic E-state index is 0.326. The first-order chi connectivity index (χ1) is 5.36. The molecule has 0 unspecified atom stereocenters. The van der Waals surface area contributed by atoms with Crippen molar-refractivity contribution in [3.05, 3.63) is 6.07 Å². The van der Waals surface area contributed by atoms with E-state index >= 15 is 0 Å². The quantitative estimate of drug-likeness (QED) is 0.668. The molecule has 0 saturated carbocycles. The van der Waals surface area contributed by atoms with Crippen molar-refractivity contribution in [2.24, 2.45) is 5.73 Å². The van der Waals surface area contributed by atoms with E-state index in [9.17, 15) is 0 Å². The summed E-state index contributed by atoms with van der Waals surface area (Å²) in [5.41, 5.74) is 5.20. The Morgan fingerprint density at radius 3 is 3.09 bits per heavy atom. The molecule has 0 aliphatic carbocycles. The zero-order chi connectivity index (χ0) is 8.10. The van der Waals surface area contributed by atoms with Gasteiger partial charge in [0.25, 0.3) is 5.88 Å². The number of hydrogen-bond acceptors (Lipinski definition) is 5. The van der Waals surface area contributed by atoms with E-state index in [4.69, 9.17) is 19.7 Å². The van der Waals surface area contributed by atoms with Crippen molar-refractivity contribution in [2.45, 2.75) is 0 Å². The molecule has 0 aliphatic heterocycles. The van der Waals surface area contributed by atoms with Crippen LogP contribution < -0.4 is 15.2 Å². The first-order valence-corrected chi connectivity index (χ1v) is 3.20. The first-order valence-electron chi connectivity index (χ1n) is 3.20. The Hall–Kier alpha value is -1.23. The number of nitrogens with two attached hydrogens (primary N) is 1. The highest BCUT2D eigenvalue weighted by atomic mass is 16.6. The van der Waals surface area contributed by atoms with Crippen LogP contribution in [0.25, 0.3) is 0 Å². The minimum Gasteiger partial charge on any atom is -0.479 e. The number of methoxy groups -OCH3 is 1. The van der Waals surface area contributed by atoms with Gasteiger partial charge in [0.05, 0.1) is 13.2 Å². The van der Waals surface area contributed by atoms with E-state index in [1.165, 1.54) is 7.11 Å². The predicted octanol–water partition coefficient (Wildman–Crippen LogP) is 0.0207. The Morgan fingerprint density at radius 2 is 2.55 bits per heavy atom. The van der Waals surface area contributed by atoms with Crippen LogP contribution in [-0.2, 0) is 0 Å². The molecule has 0 radical (unpaired) electrons. The third kappa shape index (κ3) is 2.12. The molecule has 1 aromatic rings. The van der Waals surface area contributed by atoms with Gasteiger partial charge in [0.2, 0.25) is 0 Å². The molecule has 1 rings (SSSR count). The summed E-state index contributed by atoms with van der Waals surface area (Å²) in [4.78, 5) is 0. The molecule has 0 aromatic carbocycles. The molecule has 1 heterocycles. The molecular formula is C6H10N2O3. The molecule has 62 valence electrons. The third-order valence-corrected chi connectivity index (χ3v) is 1.04. The zero-order valence-corrected chi connectivity index (χ0v) is 6.24. The van der Waals surface area contributed by atoms with Gasteiger partial charge in [-0.1, -0.05) is 0 Å². The van der Waals surface area contributed by atoms with Crippen molar-refractivity contribution in [1.82, 2.24) is 5.16 Å². The minimum atomic E-state index is 0.326. The van der Waals surface area contributed by atoms with Gasteiger partial charge in [0.1, 0.15) is 6.61 Å². The van der Waals surface area contributed by atoms with E-state index in [-0.39, 0.29) is 0 Å². The first kappa shape index (κ1) is 7.87. The van der Waals surface area contributed by atoms with Crippen LogP contribution in [0.4, 0.5) is 0 Å². The predicted molar refractivity (Wildman–Crippen MR) is 37.6 cm³/mol. The van der Waals surface area contributed by atoms with Gasteiger partial charge in [-0.3, -0.25) is 0 Å². The molecule has 0 bridgehead atoms. The van der Waals surface area contributed by atoms with Crippen molar-refractivity contribution in [3.8, 4) is 11.8 Å². The summed E-state index contributed by atoms with van der Waals surface area (Å²) >= 11 is 0. The molecular weight excluding hydrogens is 148 g/mol. The lowest BCUT2D eigenvalue weighted by Gasteiger charge is -1.95. The summed E-state index contributed by atoms with van der Waals surface area (Å²) in [5, 5.41) is 3.52. The Kier molecular flexibility index (Phi) is 2.74. The third-order valence-electron chi connectivity index (χ3n) is 1.04. The van der Waals surface area contributed by atoms with Crippen molar-refractivity contribution < 1.29 is 14.0 Å². The van der Waals surface area contributed by atoms with Gasteiger partial charge < -0.3 is 19.7 Å². The summed E-state index contributed by atoms with van der Waals surface area (Å²) in [5.74, 6) is 0.726. The summed E-state index contributed by atoms with van der Waals surface area (Å²) in [7, 11) is 1.50. The number of ether oxygens (including phenoxy) is 2. The maximum atomic E-state index is 5.20. The number of hydrogen-bond donors (Lipinski definition) is 1. The van der Waals surface area contributed by atoms with Crippen LogP contribution in [0.3, 0.4) is 0 Å². The average molecular weight is 158 g/mol. The lowest BCUT2D eigenvalue weighted by atomic mass is 10.6. The standard InChI is InChI=1S/C6H10N2O3/c1-9-5-4-6(11-8-5)10-3-2-7/h4H,2-3,7H2,1H3. The van der Waals surface area contributed by atoms with Crippen molar-refractivity contribution >= 4 is 0 Å². The van der Waals surface area contributed by atoms with Gasteiger partial charge in [-0.25, -0.2) is 0 Å². The van der Waals surface area contributed by atoms with Crippen LogP contribution in [0.2, 0.25) is 0 Å². The van der Waals surface area contributed by atoms with E-state index in [0.29, 0.717) is 25.0 Å².